The molecule has 0 aromatic carbocycles. The lowest BCUT2D eigenvalue weighted by Crippen LogP contribution is -2.05. The van der Waals surface area contributed by atoms with Crippen LogP contribution in [0.5, 0.6) is 0 Å². The molecule has 2 aliphatic rings. The molecule has 1 atom stereocenters. The van der Waals surface area contributed by atoms with Gasteiger partial charge in [-0.3, -0.25) is 0 Å². The van der Waals surface area contributed by atoms with Crippen LogP contribution in [-0.4, -0.2) is 11.1 Å². The van der Waals surface area contributed by atoms with Gasteiger partial charge in [0.15, 0.2) is 0 Å². The minimum atomic E-state index is -0.126. The number of allylic oxidation sites excluding steroid dienone is 2. The topological polar surface area (TPSA) is 21.6 Å². The normalized spacial score (nSPS) is 27.1. The van der Waals surface area contributed by atoms with Crippen molar-refractivity contribution >= 4 is 31.7 Å². The molecule has 66 valence electrons. The van der Waals surface area contributed by atoms with E-state index in [-0.39, 0.29) is 15.2 Å². The molecule has 0 bridgehead atoms. The van der Waals surface area contributed by atoms with Crippen molar-refractivity contribution in [1.82, 2.24) is 0 Å². The number of rotatable bonds is 0. The first-order valence-corrected chi connectivity index (χ1v) is 6.28. The summed E-state index contributed by atoms with van der Waals surface area (Å²) in [6.45, 7) is 6.65. The van der Waals surface area contributed by atoms with E-state index < -0.39 is 0 Å². The summed E-state index contributed by atoms with van der Waals surface area (Å²) in [5, 5.41) is 3.77. The van der Waals surface area contributed by atoms with Crippen molar-refractivity contribution < 1.29 is 4.28 Å². The van der Waals surface area contributed by atoms with Crippen molar-refractivity contribution in [2.75, 3.05) is 0 Å². The van der Waals surface area contributed by atoms with Crippen molar-refractivity contribution in [3.8, 4) is 0 Å². The van der Waals surface area contributed by atoms with Gasteiger partial charge in [-0.15, -0.1) is 0 Å². The first kappa shape index (κ1) is 8.38. The lowest BCUT2D eigenvalue weighted by atomic mass is 9.95. The maximum absolute atomic E-state index is 5.17. The molecule has 2 rings (SSSR count). The number of hydrogen-bond acceptors (Lipinski definition) is 3. The second-order valence-corrected chi connectivity index (χ2v) is 6.89. The number of nitrogens with zero attached hydrogens (tertiary/aromatic N) is 1. The Morgan fingerprint density at radius 3 is 2.83 bits per heavy atom. The highest BCUT2D eigenvalue weighted by Crippen LogP contribution is 2.52. The van der Waals surface area contributed by atoms with Gasteiger partial charge in [-0.05, 0) is 22.3 Å². The zero-order valence-corrected chi connectivity index (χ0v) is 8.96. The summed E-state index contributed by atoms with van der Waals surface area (Å²) in [5.74, 6) is 0. The van der Waals surface area contributed by atoms with Gasteiger partial charge in [-0.1, -0.05) is 25.9 Å². The SMILES string of the molecule is CC(C)(C)C1=CC2=S(ON=C2)S1. The Bertz CT molecular complexity index is 310. The molecule has 2 aliphatic heterocycles. The molecule has 4 heteroatoms. The van der Waals surface area contributed by atoms with E-state index in [9.17, 15) is 0 Å². The molecule has 0 saturated carbocycles. The Labute approximate surface area is 78.6 Å². The largest absolute Gasteiger partial charge is 0.319 e. The van der Waals surface area contributed by atoms with Gasteiger partial charge in [0, 0.05) is 4.91 Å². The van der Waals surface area contributed by atoms with Crippen LogP contribution < -0.4 is 0 Å². The highest BCUT2D eigenvalue weighted by molar-refractivity contribution is 8.84. The summed E-state index contributed by atoms with van der Waals surface area (Å²) in [4.78, 5) is 2.62. The van der Waals surface area contributed by atoms with Gasteiger partial charge in [0.25, 0.3) is 0 Å². The van der Waals surface area contributed by atoms with Gasteiger partial charge in [0.1, 0.15) is 0 Å². The molecule has 0 fully saturated rings. The van der Waals surface area contributed by atoms with Crippen LogP contribution in [0.15, 0.2) is 16.1 Å². The molecule has 12 heavy (non-hydrogen) atoms. The minimum Gasteiger partial charge on any atom is -0.319 e. The van der Waals surface area contributed by atoms with E-state index in [4.69, 9.17) is 4.28 Å². The number of hydrogen-bond donors (Lipinski definition) is 0. The Morgan fingerprint density at radius 2 is 2.25 bits per heavy atom. The van der Waals surface area contributed by atoms with Crippen molar-refractivity contribution in [1.29, 1.82) is 0 Å². The molecule has 1 unspecified atom stereocenters. The van der Waals surface area contributed by atoms with Crippen LogP contribution in [-0.2, 0) is 4.28 Å². The fraction of sp³-hybridized carbons (Fsp3) is 0.500. The van der Waals surface area contributed by atoms with E-state index in [0.29, 0.717) is 0 Å². The third-order valence-electron chi connectivity index (χ3n) is 1.66. The minimum absolute atomic E-state index is 0.126. The molecule has 0 saturated heterocycles. The third-order valence-corrected chi connectivity index (χ3v) is 5.30. The summed E-state index contributed by atoms with van der Waals surface area (Å²) in [6.07, 6.45) is 4.01. The fourth-order valence-corrected chi connectivity index (χ4v) is 4.41. The Morgan fingerprint density at radius 1 is 1.50 bits per heavy atom. The van der Waals surface area contributed by atoms with Gasteiger partial charge in [-0.2, -0.15) is 0 Å². The maximum Gasteiger partial charge on any atom is 0.0977 e. The highest BCUT2D eigenvalue weighted by Gasteiger charge is 2.27. The molecule has 2 nitrogen and oxygen atoms in total. The standard InChI is InChI=1S/C8H11NOS2/c1-8(2,3)7-4-6-5-9-10-12(6)11-7/h4-5H,1-3H3. The maximum atomic E-state index is 5.17. The second-order valence-electron chi connectivity index (χ2n) is 3.79. The van der Waals surface area contributed by atoms with Gasteiger partial charge in [0.05, 0.1) is 20.9 Å². The molecule has 0 aromatic heterocycles. The van der Waals surface area contributed by atoms with Crippen LogP contribution in [0.4, 0.5) is 0 Å². The summed E-state index contributed by atoms with van der Waals surface area (Å²) < 4.78 is 5.17. The average Bonchev–Trinajstić information content (AvgIpc) is 2.37. The molecule has 0 amide bonds. The van der Waals surface area contributed by atoms with Crippen molar-refractivity contribution in [2.45, 2.75) is 20.8 Å². The van der Waals surface area contributed by atoms with Crippen molar-refractivity contribution in [3.63, 3.8) is 0 Å². The van der Waals surface area contributed by atoms with Crippen molar-refractivity contribution in [3.05, 3.63) is 11.0 Å². The van der Waals surface area contributed by atoms with E-state index in [0.717, 1.165) is 0 Å². The van der Waals surface area contributed by atoms with Crippen LogP contribution in [0.1, 0.15) is 20.8 Å². The summed E-state index contributed by atoms with van der Waals surface area (Å²) >= 11 is 0. The van der Waals surface area contributed by atoms with Gasteiger partial charge in [0.2, 0.25) is 0 Å². The van der Waals surface area contributed by atoms with Crippen molar-refractivity contribution in [2.24, 2.45) is 10.6 Å². The summed E-state index contributed by atoms with van der Waals surface area (Å²) in [6, 6.07) is 0. The molecule has 0 radical (unpaired) electrons. The zero-order chi connectivity index (χ0) is 8.77. The molecule has 0 N–H and O–H groups in total. The van der Waals surface area contributed by atoms with E-state index >= 15 is 0 Å². The van der Waals surface area contributed by atoms with Crippen LogP contribution in [0, 0.1) is 5.41 Å². The van der Waals surface area contributed by atoms with Crippen LogP contribution in [0.25, 0.3) is 0 Å². The lowest BCUT2D eigenvalue weighted by Gasteiger charge is -2.19. The van der Waals surface area contributed by atoms with Gasteiger partial charge in [-0.25, -0.2) is 0 Å². The smallest absolute Gasteiger partial charge is 0.0977 e. The van der Waals surface area contributed by atoms with Crippen LogP contribution in [0.2, 0.25) is 0 Å². The van der Waals surface area contributed by atoms with Gasteiger partial charge < -0.3 is 4.28 Å². The lowest BCUT2D eigenvalue weighted by molar-refractivity contribution is 0.417. The first-order chi connectivity index (χ1) is 5.57. The van der Waals surface area contributed by atoms with Crippen LogP contribution in [0.3, 0.4) is 0 Å². The Balaban J connectivity index is 2.23. The van der Waals surface area contributed by atoms with E-state index in [2.05, 4.69) is 32.0 Å². The molecule has 0 spiro atoms. The first-order valence-electron chi connectivity index (χ1n) is 3.80. The molecular formula is C8H11NOS2. The summed E-state index contributed by atoms with van der Waals surface area (Å²) in [7, 11) is 1.67. The monoisotopic (exact) mass is 201 g/mol. The molecule has 2 heterocycles. The predicted octanol–water partition coefficient (Wildman–Crippen LogP) is 2.95. The third kappa shape index (κ3) is 1.33. The zero-order valence-electron chi connectivity index (χ0n) is 7.33. The molecule has 0 aromatic rings. The predicted molar refractivity (Wildman–Crippen MR) is 57.3 cm³/mol. The second kappa shape index (κ2) is 2.64. The van der Waals surface area contributed by atoms with E-state index in [1.54, 1.807) is 10.8 Å². The number of oxime groups is 1. The Kier molecular flexibility index (Phi) is 1.84. The quantitative estimate of drug-likeness (QED) is 0.444. The fourth-order valence-electron chi connectivity index (χ4n) is 0.924. The molecular weight excluding hydrogens is 190 g/mol. The van der Waals surface area contributed by atoms with Gasteiger partial charge >= 0.3 is 0 Å². The van der Waals surface area contributed by atoms with E-state index in [1.165, 1.54) is 9.77 Å². The average molecular weight is 201 g/mol. The highest BCUT2D eigenvalue weighted by atomic mass is 33.1. The van der Waals surface area contributed by atoms with E-state index in [1.807, 2.05) is 6.21 Å². The van der Waals surface area contributed by atoms with Crippen LogP contribution >= 0.6 is 20.6 Å². The molecule has 0 aliphatic carbocycles. The Hall–Kier alpha value is -0.220. The summed E-state index contributed by atoms with van der Waals surface area (Å²) in [5.41, 5.74) is 0.242.